The summed E-state index contributed by atoms with van der Waals surface area (Å²) in [6, 6.07) is 13.7. The molecule has 0 spiro atoms. The predicted octanol–water partition coefficient (Wildman–Crippen LogP) is 4.52. The number of hydrogen-bond donors (Lipinski definition) is 1. The van der Waals surface area contributed by atoms with Crippen molar-refractivity contribution in [2.75, 3.05) is 7.11 Å². The average Bonchev–Trinajstić information content (AvgIpc) is 3.07. The number of aliphatic hydroxyl groups excluding tert-OH is 1. The van der Waals surface area contributed by atoms with Crippen LogP contribution in [0, 0.1) is 13.8 Å². The van der Waals surface area contributed by atoms with E-state index >= 15 is 0 Å². The summed E-state index contributed by atoms with van der Waals surface area (Å²) in [5.41, 5.74) is 5.31. The zero-order chi connectivity index (χ0) is 16.4. The van der Waals surface area contributed by atoms with Crippen LogP contribution in [0.4, 0.5) is 0 Å². The Balaban J connectivity index is 1.86. The third-order valence-electron chi connectivity index (χ3n) is 3.99. The van der Waals surface area contributed by atoms with Gasteiger partial charge in [-0.2, -0.15) is 0 Å². The molecule has 0 fully saturated rings. The minimum Gasteiger partial charge on any atom is -0.497 e. The number of ether oxygens (including phenoxy) is 1. The van der Waals surface area contributed by atoms with Gasteiger partial charge in [-0.25, -0.2) is 4.98 Å². The number of nitrogens with zero attached hydrogens (tertiary/aromatic N) is 1. The molecule has 0 aliphatic carbocycles. The molecule has 1 aromatic heterocycles. The molecular formula is C19H19NO2S. The molecule has 4 heteroatoms. The van der Waals surface area contributed by atoms with E-state index < -0.39 is 6.10 Å². The van der Waals surface area contributed by atoms with Gasteiger partial charge in [-0.3, -0.25) is 0 Å². The Morgan fingerprint density at radius 1 is 1.04 bits per heavy atom. The second-order valence-electron chi connectivity index (χ2n) is 5.55. The van der Waals surface area contributed by atoms with Gasteiger partial charge in [-0.05, 0) is 48.7 Å². The van der Waals surface area contributed by atoms with Crippen LogP contribution in [-0.2, 0) is 0 Å². The Labute approximate surface area is 140 Å². The lowest BCUT2D eigenvalue weighted by molar-refractivity contribution is 0.220. The molecule has 0 aliphatic heterocycles. The second kappa shape index (κ2) is 6.52. The van der Waals surface area contributed by atoms with Gasteiger partial charge in [0.15, 0.2) is 0 Å². The minimum atomic E-state index is -0.716. The van der Waals surface area contributed by atoms with Crippen LogP contribution in [0.1, 0.15) is 27.8 Å². The summed E-state index contributed by atoms with van der Waals surface area (Å²) in [4.78, 5) is 4.61. The summed E-state index contributed by atoms with van der Waals surface area (Å²) < 4.78 is 5.14. The molecule has 0 amide bonds. The van der Waals surface area contributed by atoms with Crippen LogP contribution >= 0.6 is 11.3 Å². The number of rotatable bonds is 4. The van der Waals surface area contributed by atoms with E-state index in [9.17, 15) is 5.11 Å². The SMILES string of the molecule is COc1ccc(C(O)c2nc(-c3ccc(C)c(C)c3)cs2)cc1. The van der Waals surface area contributed by atoms with Gasteiger partial charge in [0.1, 0.15) is 16.9 Å². The number of aliphatic hydroxyl groups is 1. The highest BCUT2D eigenvalue weighted by Gasteiger charge is 2.15. The zero-order valence-corrected chi connectivity index (χ0v) is 14.2. The number of thiazole rings is 1. The molecule has 118 valence electrons. The maximum atomic E-state index is 10.5. The van der Waals surface area contributed by atoms with E-state index in [0.29, 0.717) is 5.01 Å². The molecule has 2 aromatic carbocycles. The summed E-state index contributed by atoms with van der Waals surface area (Å²) in [6.07, 6.45) is -0.716. The molecule has 1 atom stereocenters. The fraction of sp³-hybridized carbons (Fsp3) is 0.211. The van der Waals surface area contributed by atoms with Crippen LogP contribution in [0.2, 0.25) is 0 Å². The molecule has 3 aromatic rings. The molecule has 1 heterocycles. The van der Waals surface area contributed by atoms with Crippen molar-refractivity contribution in [3.8, 4) is 17.0 Å². The lowest BCUT2D eigenvalue weighted by Crippen LogP contribution is -1.99. The van der Waals surface area contributed by atoms with Crippen molar-refractivity contribution < 1.29 is 9.84 Å². The minimum absolute atomic E-state index is 0.698. The Morgan fingerprint density at radius 3 is 2.43 bits per heavy atom. The van der Waals surface area contributed by atoms with Crippen molar-refractivity contribution in [2.24, 2.45) is 0 Å². The van der Waals surface area contributed by atoms with Crippen LogP contribution in [0.25, 0.3) is 11.3 Å². The molecular weight excluding hydrogens is 306 g/mol. The quantitative estimate of drug-likeness (QED) is 0.767. The zero-order valence-electron chi connectivity index (χ0n) is 13.4. The Hall–Kier alpha value is -2.17. The van der Waals surface area contributed by atoms with Crippen LogP contribution in [0.3, 0.4) is 0 Å². The fourth-order valence-corrected chi connectivity index (χ4v) is 3.21. The van der Waals surface area contributed by atoms with Crippen molar-refractivity contribution >= 4 is 11.3 Å². The Kier molecular flexibility index (Phi) is 4.46. The van der Waals surface area contributed by atoms with Gasteiger partial charge in [0, 0.05) is 10.9 Å². The van der Waals surface area contributed by atoms with Crippen molar-refractivity contribution in [3.63, 3.8) is 0 Å². The summed E-state index contributed by atoms with van der Waals surface area (Å²) >= 11 is 1.47. The molecule has 0 saturated carbocycles. The second-order valence-corrected chi connectivity index (χ2v) is 6.44. The van der Waals surface area contributed by atoms with E-state index in [1.165, 1.54) is 22.5 Å². The first kappa shape index (κ1) is 15.7. The number of aromatic nitrogens is 1. The third kappa shape index (κ3) is 3.28. The highest BCUT2D eigenvalue weighted by atomic mass is 32.1. The Morgan fingerprint density at radius 2 is 1.78 bits per heavy atom. The number of aryl methyl sites for hydroxylation is 2. The van der Waals surface area contributed by atoms with E-state index in [1.54, 1.807) is 7.11 Å². The smallest absolute Gasteiger partial charge is 0.131 e. The number of benzene rings is 2. The first-order valence-corrected chi connectivity index (χ1v) is 8.31. The van der Waals surface area contributed by atoms with Crippen molar-refractivity contribution in [1.29, 1.82) is 0 Å². The van der Waals surface area contributed by atoms with Crippen LogP contribution in [0.15, 0.2) is 47.8 Å². The van der Waals surface area contributed by atoms with E-state index in [1.807, 2.05) is 29.6 Å². The highest BCUT2D eigenvalue weighted by Crippen LogP contribution is 2.30. The van der Waals surface area contributed by atoms with Crippen molar-refractivity contribution in [3.05, 3.63) is 69.5 Å². The van der Waals surface area contributed by atoms with Gasteiger partial charge in [0.2, 0.25) is 0 Å². The van der Waals surface area contributed by atoms with Crippen LogP contribution in [0.5, 0.6) is 5.75 Å². The summed E-state index contributed by atoms with van der Waals surface area (Å²) in [5, 5.41) is 13.2. The monoisotopic (exact) mass is 325 g/mol. The first-order chi connectivity index (χ1) is 11.1. The summed E-state index contributed by atoms with van der Waals surface area (Å²) in [6.45, 7) is 4.19. The topological polar surface area (TPSA) is 42.4 Å². The van der Waals surface area contributed by atoms with Gasteiger partial charge in [-0.15, -0.1) is 11.3 Å². The first-order valence-electron chi connectivity index (χ1n) is 7.43. The number of hydrogen-bond acceptors (Lipinski definition) is 4. The van der Waals surface area contributed by atoms with Crippen molar-refractivity contribution in [2.45, 2.75) is 20.0 Å². The van der Waals surface area contributed by atoms with Gasteiger partial charge in [0.05, 0.1) is 12.8 Å². The van der Waals surface area contributed by atoms with Gasteiger partial charge in [-0.1, -0.05) is 24.3 Å². The van der Waals surface area contributed by atoms with E-state index in [0.717, 1.165) is 22.6 Å². The van der Waals surface area contributed by atoms with Crippen LogP contribution < -0.4 is 4.74 Å². The molecule has 0 aliphatic rings. The highest BCUT2D eigenvalue weighted by molar-refractivity contribution is 7.10. The fourth-order valence-electron chi connectivity index (χ4n) is 2.38. The third-order valence-corrected chi connectivity index (χ3v) is 4.89. The number of methoxy groups -OCH3 is 1. The average molecular weight is 325 g/mol. The van der Waals surface area contributed by atoms with E-state index in [4.69, 9.17) is 4.74 Å². The Bertz CT molecular complexity index is 808. The summed E-state index contributed by atoms with van der Waals surface area (Å²) in [5.74, 6) is 0.774. The molecule has 1 N–H and O–H groups in total. The van der Waals surface area contributed by atoms with Crippen LogP contribution in [-0.4, -0.2) is 17.2 Å². The van der Waals surface area contributed by atoms with Crippen molar-refractivity contribution in [1.82, 2.24) is 4.98 Å². The largest absolute Gasteiger partial charge is 0.497 e. The molecule has 23 heavy (non-hydrogen) atoms. The van der Waals surface area contributed by atoms with E-state index in [2.05, 4.69) is 37.0 Å². The normalized spacial score (nSPS) is 12.2. The molecule has 1 unspecified atom stereocenters. The lowest BCUT2D eigenvalue weighted by atomic mass is 10.0. The maximum absolute atomic E-state index is 10.5. The van der Waals surface area contributed by atoms with Gasteiger partial charge < -0.3 is 9.84 Å². The molecule has 3 nitrogen and oxygen atoms in total. The summed E-state index contributed by atoms with van der Waals surface area (Å²) in [7, 11) is 1.63. The van der Waals surface area contributed by atoms with Gasteiger partial charge >= 0.3 is 0 Å². The maximum Gasteiger partial charge on any atom is 0.131 e. The molecule has 0 saturated heterocycles. The van der Waals surface area contributed by atoms with E-state index in [-0.39, 0.29) is 0 Å². The lowest BCUT2D eigenvalue weighted by Gasteiger charge is -2.08. The van der Waals surface area contributed by atoms with Gasteiger partial charge in [0.25, 0.3) is 0 Å². The standard InChI is InChI=1S/C19H19NO2S/c1-12-4-5-15(10-13(12)2)17-11-23-19(20-17)18(21)14-6-8-16(22-3)9-7-14/h4-11,18,21H,1-3H3. The predicted molar refractivity (Wildman–Crippen MR) is 94.1 cm³/mol. The molecule has 3 rings (SSSR count). The molecule has 0 bridgehead atoms. The molecule has 0 radical (unpaired) electrons.